The molecule has 0 unspecified atom stereocenters. The molecule has 0 saturated heterocycles. The lowest BCUT2D eigenvalue weighted by molar-refractivity contribution is -0.125. The number of carbonyl (C=O) groups excluding carboxylic acids is 2. The maximum Gasteiger partial charge on any atom is 0.244 e. The lowest BCUT2D eigenvalue weighted by atomic mass is 10.1. The Morgan fingerprint density at radius 1 is 1.33 bits per heavy atom. The number of hydrogen-bond donors (Lipinski definition) is 3. The van der Waals surface area contributed by atoms with Crippen LogP contribution in [0, 0.1) is 5.92 Å². The number of halogens is 2. The number of nitrogens with one attached hydrogen (secondary N) is 2. The fourth-order valence-corrected chi connectivity index (χ4v) is 1.63. The fourth-order valence-electron chi connectivity index (χ4n) is 1.63. The van der Waals surface area contributed by atoms with Crippen LogP contribution in [0.15, 0.2) is 12.3 Å². The highest BCUT2D eigenvalue weighted by Crippen LogP contribution is 2.02. The first kappa shape index (κ1) is 24.9. The highest BCUT2D eigenvalue weighted by atomic mass is 35.5. The zero-order valence-electron chi connectivity index (χ0n) is 14.5. The first-order chi connectivity index (χ1) is 10.3. The van der Waals surface area contributed by atoms with Gasteiger partial charge in [0.15, 0.2) is 5.82 Å². The Balaban J connectivity index is 0. The average Bonchev–Trinajstić information content (AvgIpc) is 2.89. The lowest BCUT2D eigenvalue weighted by Gasteiger charge is -2.14. The molecule has 0 aliphatic carbocycles. The summed E-state index contributed by atoms with van der Waals surface area (Å²) in [5, 5.41) is 9.38. The molecule has 0 saturated carbocycles. The highest BCUT2D eigenvalue weighted by molar-refractivity contribution is 5.94. The summed E-state index contributed by atoms with van der Waals surface area (Å²) in [5.74, 6) is -0.176. The molecule has 140 valence electrons. The quantitative estimate of drug-likeness (QED) is 0.600. The van der Waals surface area contributed by atoms with Crippen LogP contribution < -0.4 is 16.4 Å². The van der Waals surface area contributed by atoms with Gasteiger partial charge in [-0.05, 0) is 20.0 Å². The Hall–Kier alpha value is -1.35. The van der Waals surface area contributed by atoms with Crippen molar-refractivity contribution in [3.8, 4) is 0 Å². The Labute approximate surface area is 155 Å². The second-order valence-electron chi connectivity index (χ2n) is 5.80. The second kappa shape index (κ2) is 12.1. The SMILES string of the molecule is CC(C)[C@H](N)C(=O)NCC(=O)Nc1ccn(CCN(C)C)n1.Cl.Cl. The number of amides is 2. The molecule has 8 nitrogen and oxygen atoms in total. The van der Waals surface area contributed by atoms with Crippen molar-refractivity contribution in [1.82, 2.24) is 20.0 Å². The van der Waals surface area contributed by atoms with Crippen LogP contribution in [0.3, 0.4) is 0 Å². The Bertz CT molecular complexity index is 507. The van der Waals surface area contributed by atoms with E-state index in [0.717, 1.165) is 13.1 Å². The van der Waals surface area contributed by atoms with E-state index in [1.807, 2.05) is 32.8 Å². The molecule has 1 aromatic rings. The van der Waals surface area contributed by atoms with Crippen LogP contribution in [-0.4, -0.2) is 59.7 Å². The molecule has 10 heteroatoms. The number of likely N-dealkylation sites (N-methyl/N-ethyl adjacent to an activating group) is 1. The minimum atomic E-state index is -0.613. The van der Waals surface area contributed by atoms with E-state index in [2.05, 4.69) is 15.7 Å². The largest absolute Gasteiger partial charge is 0.346 e. The Morgan fingerprint density at radius 3 is 2.50 bits per heavy atom. The Kier molecular flexibility index (Phi) is 12.5. The summed E-state index contributed by atoms with van der Waals surface area (Å²) in [6.45, 7) is 5.18. The number of aromatic nitrogens is 2. The summed E-state index contributed by atoms with van der Waals surface area (Å²) >= 11 is 0. The molecule has 1 rings (SSSR count). The van der Waals surface area contributed by atoms with Crippen LogP contribution in [0.4, 0.5) is 5.82 Å². The van der Waals surface area contributed by atoms with Gasteiger partial charge in [-0.2, -0.15) is 5.10 Å². The van der Waals surface area contributed by atoms with Gasteiger partial charge in [0.1, 0.15) is 0 Å². The molecule has 2 amide bonds. The molecule has 1 heterocycles. The standard InChI is InChI=1S/C14H26N6O2.2ClH/c1-10(2)13(15)14(22)16-9-12(21)17-11-5-6-20(18-11)8-7-19(3)4;;/h5-6,10,13H,7-9,15H2,1-4H3,(H,16,22)(H,17,18,21);2*1H/t13-;;/m0../s1. The van der Waals surface area contributed by atoms with Gasteiger partial charge in [-0.3, -0.25) is 14.3 Å². The fraction of sp³-hybridized carbons (Fsp3) is 0.643. The maximum atomic E-state index is 11.8. The predicted octanol–water partition coefficient (Wildman–Crippen LogP) is 0.326. The van der Waals surface area contributed by atoms with Crippen LogP contribution in [-0.2, 0) is 16.1 Å². The van der Waals surface area contributed by atoms with Crippen molar-refractivity contribution in [2.45, 2.75) is 26.4 Å². The number of nitrogens with zero attached hydrogens (tertiary/aromatic N) is 3. The predicted molar refractivity (Wildman–Crippen MR) is 99.7 cm³/mol. The van der Waals surface area contributed by atoms with Crippen LogP contribution in [0.2, 0.25) is 0 Å². The molecule has 0 radical (unpaired) electrons. The normalized spacial score (nSPS) is 11.5. The molecule has 24 heavy (non-hydrogen) atoms. The number of anilines is 1. The number of nitrogens with two attached hydrogens (primary N) is 1. The van der Waals surface area contributed by atoms with E-state index < -0.39 is 6.04 Å². The summed E-state index contributed by atoms with van der Waals surface area (Å²) in [4.78, 5) is 25.5. The van der Waals surface area contributed by atoms with Crippen molar-refractivity contribution in [3.05, 3.63) is 12.3 Å². The van der Waals surface area contributed by atoms with E-state index in [0.29, 0.717) is 5.82 Å². The zero-order valence-corrected chi connectivity index (χ0v) is 16.1. The molecule has 0 fully saturated rings. The minimum absolute atomic E-state index is 0. The molecule has 1 atom stereocenters. The van der Waals surface area contributed by atoms with E-state index in [1.54, 1.807) is 16.9 Å². The van der Waals surface area contributed by atoms with E-state index in [4.69, 9.17) is 5.73 Å². The average molecular weight is 383 g/mol. The third-order valence-electron chi connectivity index (χ3n) is 3.13. The molecule has 4 N–H and O–H groups in total. The summed E-state index contributed by atoms with van der Waals surface area (Å²) in [5.41, 5.74) is 5.70. The van der Waals surface area contributed by atoms with Gasteiger partial charge in [-0.1, -0.05) is 13.8 Å². The van der Waals surface area contributed by atoms with Crippen molar-refractivity contribution >= 4 is 42.4 Å². The number of hydrogen-bond acceptors (Lipinski definition) is 5. The zero-order chi connectivity index (χ0) is 16.7. The summed E-state index contributed by atoms with van der Waals surface area (Å²) in [6, 6.07) is 1.10. The van der Waals surface area contributed by atoms with Crippen molar-refractivity contribution < 1.29 is 9.59 Å². The second-order valence-corrected chi connectivity index (χ2v) is 5.80. The van der Waals surface area contributed by atoms with Crippen LogP contribution >= 0.6 is 24.8 Å². The molecular formula is C14H28Cl2N6O2. The molecule has 0 bridgehead atoms. The molecular weight excluding hydrogens is 355 g/mol. The van der Waals surface area contributed by atoms with E-state index in [9.17, 15) is 9.59 Å². The van der Waals surface area contributed by atoms with Gasteiger partial charge in [0.25, 0.3) is 0 Å². The number of rotatable bonds is 8. The minimum Gasteiger partial charge on any atom is -0.346 e. The first-order valence-electron chi connectivity index (χ1n) is 7.31. The Morgan fingerprint density at radius 2 is 1.96 bits per heavy atom. The third-order valence-corrected chi connectivity index (χ3v) is 3.13. The van der Waals surface area contributed by atoms with Crippen LogP contribution in [0.5, 0.6) is 0 Å². The van der Waals surface area contributed by atoms with Crippen molar-refractivity contribution in [2.24, 2.45) is 11.7 Å². The monoisotopic (exact) mass is 382 g/mol. The molecule has 0 spiro atoms. The molecule has 0 aliphatic rings. The van der Waals surface area contributed by atoms with Gasteiger partial charge in [-0.15, -0.1) is 24.8 Å². The summed E-state index contributed by atoms with van der Waals surface area (Å²) in [6.07, 6.45) is 1.80. The highest BCUT2D eigenvalue weighted by Gasteiger charge is 2.17. The molecule has 1 aromatic heterocycles. The van der Waals surface area contributed by atoms with E-state index >= 15 is 0 Å². The topological polar surface area (TPSA) is 105 Å². The van der Waals surface area contributed by atoms with Gasteiger partial charge in [0.05, 0.1) is 19.1 Å². The van der Waals surface area contributed by atoms with Gasteiger partial charge >= 0.3 is 0 Å². The van der Waals surface area contributed by atoms with Gasteiger partial charge in [0, 0.05) is 18.8 Å². The van der Waals surface area contributed by atoms with Gasteiger partial charge in [0.2, 0.25) is 11.8 Å². The van der Waals surface area contributed by atoms with Gasteiger partial charge in [-0.25, -0.2) is 0 Å². The molecule has 0 aliphatic heterocycles. The van der Waals surface area contributed by atoms with Crippen LogP contribution in [0.25, 0.3) is 0 Å². The van der Waals surface area contributed by atoms with Crippen molar-refractivity contribution in [1.29, 1.82) is 0 Å². The third kappa shape index (κ3) is 9.07. The first-order valence-corrected chi connectivity index (χ1v) is 7.31. The van der Waals surface area contributed by atoms with Crippen LogP contribution in [0.1, 0.15) is 13.8 Å². The molecule has 0 aromatic carbocycles. The van der Waals surface area contributed by atoms with Crippen molar-refractivity contribution in [2.75, 3.05) is 32.5 Å². The maximum absolute atomic E-state index is 11.8. The van der Waals surface area contributed by atoms with E-state index in [-0.39, 0.29) is 49.1 Å². The summed E-state index contributed by atoms with van der Waals surface area (Å²) in [7, 11) is 3.97. The van der Waals surface area contributed by atoms with Crippen molar-refractivity contribution in [3.63, 3.8) is 0 Å². The number of carbonyl (C=O) groups is 2. The smallest absolute Gasteiger partial charge is 0.244 e. The van der Waals surface area contributed by atoms with Gasteiger partial charge < -0.3 is 21.3 Å². The van der Waals surface area contributed by atoms with E-state index in [1.165, 1.54) is 0 Å². The summed E-state index contributed by atoms with van der Waals surface area (Å²) < 4.78 is 1.75. The lowest BCUT2D eigenvalue weighted by Crippen LogP contribution is -2.46.